The quantitative estimate of drug-likeness (QED) is 0.828. The number of hydrogen-bond donors (Lipinski definition) is 1. The Morgan fingerprint density at radius 2 is 1.83 bits per heavy atom. The van der Waals surface area contributed by atoms with Crippen LogP contribution in [-0.2, 0) is 20.7 Å². The van der Waals surface area contributed by atoms with E-state index in [0.29, 0.717) is 12.8 Å². The minimum Gasteiger partial charge on any atom is -0.448 e. The van der Waals surface area contributed by atoms with E-state index < -0.39 is 16.4 Å². The summed E-state index contributed by atoms with van der Waals surface area (Å²) in [5.74, 6) is -0.452. The molecule has 0 radical (unpaired) electrons. The molecule has 0 unspecified atom stereocenters. The summed E-state index contributed by atoms with van der Waals surface area (Å²) in [6, 6.07) is 7.95. The molecule has 3 rings (SSSR count). The average molecular weight is 329 g/mol. The van der Waals surface area contributed by atoms with Gasteiger partial charge < -0.3 is 10.1 Å². The minimum absolute atomic E-state index is 0.205. The van der Waals surface area contributed by atoms with E-state index in [1.54, 1.807) is 0 Å². The summed E-state index contributed by atoms with van der Waals surface area (Å²) in [4.78, 5) is 25.2. The molecule has 24 heavy (non-hydrogen) atoms. The van der Waals surface area contributed by atoms with Crippen LogP contribution in [0.4, 0.5) is 5.69 Å². The highest BCUT2D eigenvalue weighted by Crippen LogP contribution is 2.65. The number of carbonyl (C=O) groups excluding carboxylic acids is 2. The maximum absolute atomic E-state index is 13.0. The van der Waals surface area contributed by atoms with Gasteiger partial charge in [0.15, 0.2) is 5.60 Å². The van der Waals surface area contributed by atoms with Crippen molar-refractivity contribution in [1.29, 1.82) is 0 Å². The van der Waals surface area contributed by atoms with Gasteiger partial charge in [0.05, 0.1) is 5.41 Å². The van der Waals surface area contributed by atoms with Gasteiger partial charge in [-0.2, -0.15) is 0 Å². The van der Waals surface area contributed by atoms with E-state index in [-0.39, 0.29) is 11.9 Å². The molecule has 2 bridgehead atoms. The van der Waals surface area contributed by atoms with Gasteiger partial charge in [0, 0.05) is 11.1 Å². The van der Waals surface area contributed by atoms with Gasteiger partial charge in [-0.3, -0.25) is 9.59 Å². The van der Waals surface area contributed by atoms with Crippen molar-refractivity contribution in [3.63, 3.8) is 0 Å². The summed E-state index contributed by atoms with van der Waals surface area (Å²) >= 11 is 0. The van der Waals surface area contributed by atoms with E-state index in [9.17, 15) is 9.59 Å². The van der Waals surface area contributed by atoms with Gasteiger partial charge >= 0.3 is 5.97 Å². The van der Waals surface area contributed by atoms with Crippen LogP contribution in [-0.4, -0.2) is 17.5 Å². The van der Waals surface area contributed by atoms with Crippen molar-refractivity contribution in [2.75, 3.05) is 5.32 Å². The van der Waals surface area contributed by atoms with Crippen LogP contribution >= 0.6 is 0 Å². The van der Waals surface area contributed by atoms with E-state index in [0.717, 1.165) is 18.5 Å². The van der Waals surface area contributed by atoms with E-state index in [1.165, 1.54) is 12.0 Å². The van der Waals surface area contributed by atoms with Gasteiger partial charge in [0.25, 0.3) is 5.91 Å². The zero-order valence-electron chi connectivity index (χ0n) is 15.1. The van der Waals surface area contributed by atoms with Crippen molar-refractivity contribution < 1.29 is 14.3 Å². The van der Waals surface area contributed by atoms with Crippen LogP contribution < -0.4 is 5.32 Å². The lowest BCUT2D eigenvalue weighted by atomic mass is 9.66. The van der Waals surface area contributed by atoms with Gasteiger partial charge in [-0.15, -0.1) is 0 Å². The molecule has 1 amide bonds. The van der Waals surface area contributed by atoms with Gasteiger partial charge in [-0.05, 0) is 50.3 Å². The number of aryl methyl sites for hydroxylation is 1. The molecule has 1 aliphatic carbocycles. The highest BCUT2D eigenvalue weighted by Gasteiger charge is 2.75. The molecule has 1 aliphatic heterocycles. The van der Waals surface area contributed by atoms with Crippen LogP contribution in [0.1, 0.15) is 58.9 Å². The van der Waals surface area contributed by atoms with Crippen molar-refractivity contribution in [2.24, 2.45) is 10.8 Å². The first-order valence-corrected chi connectivity index (χ1v) is 8.91. The van der Waals surface area contributed by atoms with Crippen LogP contribution in [0.15, 0.2) is 24.3 Å². The lowest BCUT2D eigenvalue weighted by Gasteiger charge is -2.35. The van der Waals surface area contributed by atoms with Gasteiger partial charge in [0.1, 0.15) is 0 Å². The number of carbonyl (C=O) groups is 2. The number of ether oxygens (including phenoxy) is 1. The molecular weight excluding hydrogens is 302 g/mol. The van der Waals surface area contributed by atoms with Crippen LogP contribution in [0.3, 0.4) is 0 Å². The molecule has 1 heterocycles. The molecule has 1 saturated heterocycles. The van der Waals surface area contributed by atoms with Crippen molar-refractivity contribution in [3.05, 3.63) is 29.8 Å². The first-order valence-electron chi connectivity index (χ1n) is 8.91. The summed E-state index contributed by atoms with van der Waals surface area (Å²) in [6.45, 7) is 8.03. The predicted octanol–water partition coefficient (Wildman–Crippen LogP) is 4.09. The fourth-order valence-corrected chi connectivity index (χ4v) is 4.11. The SMILES string of the molecule is CCCCc1ccc(NC(=O)[C@@]23CC[C@@](C)(C(=O)O2)C3(C)C)cc1. The number of rotatable bonds is 5. The second-order valence-electron chi connectivity index (χ2n) is 7.93. The molecule has 4 heteroatoms. The zero-order chi connectivity index (χ0) is 17.6. The van der Waals surface area contributed by atoms with Crippen LogP contribution in [0.25, 0.3) is 0 Å². The monoisotopic (exact) mass is 329 g/mol. The number of anilines is 1. The summed E-state index contributed by atoms with van der Waals surface area (Å²) in [7, 11) is 0. The van der Waals surface area contributed by atoms with Crippen molar-refractivity contribution in [1.82, 2.24) is 0 Å². The Bertz CT molecular complexity index is 664. The molecule has 1 aromatic rings. The lowest BCUT2D eigenvalue weighted by molar-refractivity contribution is -0.165. The maximum atomic E-state index is 13.0. The Morgan fingerprint density at radius 3 is 2.33 bits per heavy atom. The standard InChI is InChI=1S/C20H27NO3/c1-5-6-7-14-8-10-15(11-9-14)21-16(22)20-13-12-19(4,17(23)24-20)18(20,2)3/h8-11H,5-7,12-13H2,1-4H3,(H,21,22)/t19-,20+/m0/s1. The highest BCUT2D eigenvalue weighted by atomic mass is 16.6. The average Bonchev–Trinajstić information content (AvgIpc) is 2.84. The lowest BCUT2D eigenvalue weighted by Crippen LogP contribution is -2.50. The van der Waals surface area contributed by atoms with E-state index in [2.05, 4.69) is 12.2 Å². The normalized spacial score (nSPS) is 30.2. The van der Waals surface area contributed by atoms with Gasteiger partial charge in [-0.25, -0.2) is 0 Å². The number of benzene rings is 1. The number of esters is 1. The summed E-state index contributed by atoms with van der Waals surface area (Å²) in [5, 5.41) is 2.96. The molecular formula is C20H27NO3. The number of unbranched alkanes of at least 4 members (excludes halogenated alkanes) is 1. The Balaban J connectivity index is 1.77. The largest absolute Gasteiger partial charge is 0.448 e. The third-order valence-electron chi connectivity index (χ3n) is 6.48. The smallest absolute Gasteiger partial charge is 0.313 e. The number of hydrogen-bond acceptors (Lipinski definition) is 3. The van der Waals surface area contributed by atoms with Gasteiger partial charge in [0.2, 0.25) is 0 Å². The predicted molar refractivity (Wildman–Crippen MR) is 93.6 cm³/mol. The third-order valence-corrected chi connectivity index (χ3v) is 6.48. The molecule has 130 valence electrons. The van der Waals surface area contributed by atoms with Crippen LogP contribution in [0.2, 0.25) is 0 Å². The molecule has 0 aromatic heterocycles. The Labute approximate surface area is 144 Å². The van der Waals surface area contributed by atoms with Crippen LogP contribution in [0, 0.1) is 10.8 Å². The molecule has 1 aromatic carbocycles. The second-order valence-corrected chi connectivity index (χ2v) is 7.93. The zero-order valence-corrected chi connectivity index (χ0v) is 15.1. The molecule has 1 saturated carbocycles. The van der Waals surface area contributed by atoms with Gasteiger partial charge in [-0.1, -0.05) is 39.3 Å². The number of nitrogens with one attached hydrogen (secondary N) is 1. The Kier molecular flexibility index (Phi) is 3.97. The summed E-state index contributed by atoms with van der Waals surface area (Å²) in [5.41, 5.74) is -0.118. The Morgan fingerprint density at radius 1 is 1.17 bits per heavy atom. The van der Waals surface area contributed by atoms with Crippen molar-refractivity contribution in [2.45, 2.75) is 65.4 Å². The molecule has 2 fully saturated rings. The van der Waals surface area contributed by atoms with E-state index in [1.807, 2.05) is 45.0 Å². The number of amides is 1. The maximum Gasteiger partial charge on any atom is 0.313 e. The first kappa shape index (κ1) is 17.0. The molecule has 1 N–H and O–H groups in total. The molecule has 2 atom stereocenters. The third kappa shape index (κ3) is 2.19. The fourth-order valence-electron chi connectivity index (χ4n) is 4.11. The fraction of sp³-hybridized carbons (Fsp3) is 0.600. The Hall–Kier alpha value is -1.84. The summed E-state index contributed by atoms with van der Waals surface area (Å²) in [6.07, 6.45) is 4.67. The van der Waals surface area contributed by atoms with Crippen LogP contribution in [0.5, 0.6) is 0 Å². The topological polar surface area (TPSA) is 55.4 Å². The first-order chi connectivity index (χ1) is 11.3. The van der Waals surface area contributed by atoms with E-state index in [4.69, 9.17) is 4.74 Å². The van der Waals surface area contributed by atoms with Crippen molar-refractivity contribution >= 4 is 17.6 Å². The highest BCUT2D eigenvalue weighted by molar-refractivity contribution is 6.03. The molecule has 4 nitrogen and oxygen atoms in total. The second kappa shape index (κ2) is 5.61. The van der Waals surface area contributed by atoms with E-state index >= 15 is 0 Å². The minimum atomic E-state index is -1.06. The molecule has 0 spiro atoms. The summed E-state index contributed by atoms with van der Waals surface area (Å²) < 4.78 is 5.63. The van der Waals surface area contributed by atoms with Crippen molar-refractivity contribution in [3.8, 4) is 0 Å². The number of fused-ring (bicyclic) bond motifs is 2. The molecule has 2 aliphatic rings.